The Morgan fingerprint density at radius 2 is 1.76 bits per heavy atom. The van der Waals surface area contributed by atoms with Crippen LogP contribution >= 0.6 is 11.6 Å². The summed E-state index contributed by atoms with van der Waals surface area (Å²) in [7, 11) is 0. The smallest absolute Gasteiger partial charge is 0.303 e. The van der Waals surface area contributed by atoms with E-state index in [1.807, 2.05) is 18.2 Å². The maximum Gasteiger partial charge on any atom is 0.303 e. The zero-order valence-corrected chi connectivity index (χ0v) is 23.6. The van der Waals surface area contributed by atoms with Gasteiger partial charge in [-0.25, -0.2) is 0 Å². The highest BCUT2D eigenvalue weighted by Crippen LogP contribution is 2.41. The molecule has 0 radical (unpaired) electrons. The van der Waals surface area contributed by atoms with Crippen LogP contribution in [0.3, 0.4) is 0 Å². The molecule has 2 amide bonds. The SMILES string of the molecule is Cc1cccc(C2CN(CC(=O)N3CCC(CC(=O)O)CC3)C(=O)C(CC(C)C)c3ccc(Cl)cc32)c1C. The van der Waals surface area contributed by atoms with Gasteiger partial charge in [0.15, 0.2) is 0 Å². The fraction of sp³-hybridized carbons (Fsp3) is 0.516. The molecule has 38 heavy (non-hydrogen) atoms. The maximum absolute atomic E-state index is 14.1. The highest BCUT2D eigenvalue weighted by Gasteiger charge is 2.38. The van der Waals surface area contributed by atoms with Gasteiger partial charge in [0.25, 0.3) is 0 Å². The van der Waals surface area contributed by atoms with Crippen molar-refractivity contribution in [2.45, 2.75) is 65.2 Å². The number of likely N-dealkylation sites (tertiary alicyclic amines) is 1. The number of carbonyl (C=O) groups excluding carboxylic acids is 2. The average molecular weight is 539 g/mol. The van der Waals surface area contributed by atoms with Gasteiger partial charge in [-0.05, 0) is 84.9 Å². The van der Waals surface area contributed by atoms with Crippen LogP contribution in [0.4, 0.5) is 0 Å². The zero-order chi connectivity index (χ0) is 27.6. The third-order valence-electron chi connectivity index (χ3n) is 8.30. The first-order valence-corrected chi connectivity index (χ1v) is 14.1. The van der Waals surface area contributed by atoms with E-state index in [1.54, 1.807) is 9.80 Å². The molecule has 0 aromatic heterocycles. The number of amides is 2. The Kier molecular flexibility index (Phi) is 8.81. The number of carbonyl (C=O) groups is 3. The van der Waals surface area contributed by atoms with Crippen molar-refractivity contribution in [1.82, 2.24) is 9.80 Å². The molecule has 1 N–H and O–H groups in total. The number of piperidine rings is 1. The molecule has 1 saturated heterocycles. The molecule has 0 spiro atoms. The Balaban J connectivity index is 1.67. The number of carboxylic acid groups (broad SMARTS) is 1. The van der Waals surface area contributed by atoms with E-state index in [2.05, 4.69) is 45.9 Å². The Hall–Kier alpha value is -2.86. The summed E-state index contributed by atoms with van der Waals surface area (Å²) in [6, 6.07) is 12.1. The number of hydrogen-bond donors (Lipinski definition) is 1. The van der Waals surface area contributed by atoms with E-state index in [0.29, 0.717) is 49.8 Å². The van der Waals surface area contributed by atoms with Crippen LogP contribution in [0.25, 0.3) is 0 Å². The Morgan fingerprint density at radius 3 is 2.42 bits per heavy atom. The lowest BCUT2D eigenvalue weighted by Gasteiger charge is -2.34. The Labute approximate surface area is 231 Å². The van der Waals surface area contributed by atoms with Gasteiger partial charge in [0, 0.05) is 37.0 Å². The number of nitrogens with zero attached hydrogens (tertiary/aromatic N) is 2. The van der Waals surface area contributed by atoms with E-state index in [9.17, 15) is 14.4 Å². The topological polar surface area (TPSA) is 77.9 Å². The largest absolute Gasteiger partial charge is 0.481 e. The number of aryl methyl sites for hydroxylation is 1. The van der Waals surface area contributed by atoms with Gasteiger partial charge in [-0.1, -0.05) is 49.7 Å². The first-order valence-electron chi connectivity index (χ1n) is 13.7. The van der Waals surface area contributed by atoms with Crippen molar-refractivity contribution >= 4 is 29.4 Å². The van der Waals surface area contributed by atoms with E-state index in [1.165, 1.54) is 11.1 Å². The second-order valence-corrected chi connectivity index (χ2v) is 11.9. The quantitative estimate of drug-likeness (QED) is 0.485. The molecule has 0 saturated carbocycles. The summed E-state index contributed by atoms with van der Waals surface area (Å²) in [5, 5.41) is 9.76. The van der Waals surface area contributed by atoms with Crippen LogP contribution in [-0.4, -0.2) is 58.9 Å². The summed E-state index contributed by atoms with van der Waals surface area (Å²) in [4.78, 5) is 42.2. The molecule has 0 bridgehead atoms. The molecule has 204 valence electrons. The van der Waals surface area contributed by atoms with Crippen molar-refractivity contribution in [2.75, 3.05) is 26.2 Å². The summed E-state index contributed by atoms with van der Waals surface area (Å²) >= 11 is 6.51. The standard InChI is InChI=1S/C31H39ClN2O4/c1-19(2)14-27-25-9-8-23(32)16-26(25)28(24-7-5-6-20(3)21(24)4)17-34(31(27)38)18-29(35)33-12-10-22(11-13-33)15-30(36)37/h5-9,16,19,22,27-28H,10-15,17-18H2,1-4H3,(H,36,37). The van der Waals surface area contributed by atoms with Crippen LogP contribution in [0.2, 0.25) is 5.02 Å². The van der Waals surface area contributed by atoms with Crippen LogP contribution in [-0.2, 0) is 14.4 Å². The van der Waals surface area contributed by atoms with Gasteiger partial charge in [0.1, 0.15) is 0 Å². The lowest BCUT2D eigenvalue weighted by atomic mass is 9.81. The molecule has 2 aliphatic rings. The molecule has 2 unspecified atom stereocenters. The van der Waals surface area contributed by atoms with E-state index in [4.69, 9.17) is 16.7 Å². The number of hydrogen-bond acceptors (Lipinski definition) is 3. The molecular formula is C31H39ClN2O4. The molecule has 2 atom stereocenters. The molecule has 7 heteroatoms. The minimum Gasteiger partial charge on any atom is -0.481 e. The van der Waals surface area contributed by atoms with Gasteiger partial charge in [-0.2, -0.15) is 0 Å². The van der Waals surface area contributed by atoms with E-state index >= 15 is 0 Å². The van der Waals surface area contributed by atoms with Crippen molar-refractivity contribution in [3.63, 3.8) is 0 Å². The second-order valence-electron chi connectivity index (χ2n) is 11.4. The van der Waals surface area contributed by atoms with Crippen molar-refractivity contribution in [3.8, 4) is 0 Å². The molecule has 0 aliphatic carbocycles. The number of benzene rings is 2. The third-order valence-corrected chi connectivity index (χ3v) is 8.53. The number of rotatable bonds is 7. The Morgan fingerprint density at radius 1 is 1.05 bits per heavy atom. The van der Waals surface area contributed by atoms with E-state index < -0.39 is 5.97 Å². The normalized spacial score (nSPS) is 20.4. The monoisotopic (exact) mass is 538 g/mol. The Bertz CT molecular complexity index is 1200. The number of carboxylic acids is 1. The van der Waals surface area contributed by atoms with Gasteiger partial charge >= 0.3 is 5.97 Å². The molecule has 2 aliphatic heterocycles. The molecule has 4 rings (SSSR count). The number of fused-ring (bicyclic) bond motifs is 1. The molecule has 1 fully saturated rings. The minimum absolute atomic E-state index is 0.0100. The molecular weight excluding hydrogens is 500 g/mol. The average Bonchev–Trinajstić information content (AvgIpc) is 2.96. The minimum atomic E-state index is -0.793. The summed E-state index contributed by atoms with van der Waals surface area (Å²) in [5.74, 6) is -0.915. The first-order chi connectivity index (χ1) is 18.0. The highest BCUT2D eigenvalue weighted by atomic mass is 35.5. The summed E-state index contributed by atoms with van der Waals surface area (Å²) in [5.41, 5.74) is 5.59. The van der Waals surface area contributed by atoms with Gasteiger partial charge in [-0.15, -0.1) is 0 Å². The van der Waals surface area contributed by atoms with Crippen molar-refractivity contribution in [2.24, 2.45) is 11.8 Å². The van der Waals surface area contributed by atoms with Gasteiger partial charge in [0.2, 0.25) is 11.8 Å². The van der Waals surface area contributed by atoms with Crippen molar-refractivity contribution < 1.29 is 19.5 Å². The van der Waals surface area contributed by atoms with Crippen LogP contribution in [0.1, 0.15) is 79.2 Å². The van der Waals surface area contributed by atoms with E-state index in [-0.39, 0.29) is 42.5 Å². The lowest BCUT2D eigenvalue weighted by molar-refractivity contribution is -0.143. The van der Waals surface area contributed by atoms with Gasteiger partial charge in [0.05, 0.1) is 12.5 Å². The lowest BCUT2D eigenvalue weighted by Crippen LogP contribution is -2.47. The highest BCUT2D eigenvalue weighted by molar-refractivity contribution is 6.30. The molecule has 2 heterocycles. The number of halogens is 1. The predicted molar refractivity (Wildman–Crippen MR) is 150 cm³/mol. The fourth-order valence-electron chi connectivity index (χ4n) is 6.08. The third kappa shape index (κ3) is 6.23. The fourth-order valence-corrected chi connectivity index (χ4v) is 6.26. The van der Waals surface area contributed by atoms with Crippen LogP contribution in [0.5, 0.6) is 0 Å². The molecule has 2 aromatic rings. The molecule has 6 nitrogen and oxygen atoms in total. The van der Waals surface area contributed by atoms with Crippen LogP contribution in [0, 0.1) is 25.7 Å². The summed E-state index contributed by atoms with van der Waals surface area (Å²) < 4.78 is 0. The summed E-state index contributed by atoms with van der Waals surface area (Å²) in [6.07, 6.45) is 2.19. The zero-order valence-electron chi connectivity index (χ0n) is 22.9. The van der Waals surface area contributed by atoms with Crippen molar-refractivity contribution in [3.05, 3.63) is 69.2 Å². The predicted octanol–water partition coefficient (Wildman–Crippen LogP) is 5.77. The van der Waals surface area contributed by atoms with Gasteiger partial charge in [-0.3, -0.25) is 14.4 Å². The van der Waals surface area contributed by atoms with Crippen LogP contribution < -0.4 is 0 Å². The van der Waals surface area contributed by atoms with E-state index in [0.717, 1.165) is 16.7 Å². The van der Waals surface area contributed by atoms with Crippen LogP contribution in [0.15, 0.2) is 36.4 Å². The summed E-state index contributed by atoms with van der Waals surface area (Å²) in [6.45, 7) is 9.95. The van der Waals surface area contributed by atoms with Crippen molar-refractivity contribution in [1.29, 1.82) is 0 Å². The number of aliphatic carboxylic acids is 1. The second kappa shape index (κ2) is 11.9. The maximum atomic E-state index is 14.1. The van der Waals surface area contributed by atoms with Gasteiger partial charge < -0.3 is 14.9 Å². The first kappa shape index (κ1) is 28.2. The molecule has 2 aromatic carbocycles.